The maximum atomic E-state index is 13.1. The van der Waals surface area contributed by atoms with Crippen LogP contribution in [0.2, 0.25) is 0 Å². The zero-order chi connectivity index (χ0) is 19.8. The Hall–Kier alpha value is -2.89. The number of hydrogen-bond acceptors (Lipinski definition) is 4. The molecule has 3 aromatic rings. The molecule has 1 aliphatic rings. The minimum atomic E-state index is 0.0630. The number of aromatic nitrogens is 3. The van der Waals surface area contributed by atoms with Crippen LogP contribution in [0.5, 0.6) is 0 Å². The Bertz CT molecular complexity index is 1010. The minimum absolute atomic E-state index is 0.0630. The first-order valence-corrected chi connectivity index (χ1v) is 9.90. The predicted octanol–water partition coefficient (Wildman–Crippen LogP) is 3.59. The third-order valence-electron chi connectivity index (χ3n) is 5.41. The highest BCUT2D eigenvalue weighted by Crippen LogP contribution is 2.22. The number of aryl methyl sites for hydroxylation is 2. The molecule has 1 aliphatic heterocycles. The third-order valence-corrected chi connectivity index (χ3v) is 5.41. The Morgan fingerprint density at radius 1 is 1.07 bits per heavy atom. The number of hydrogen-bond donors (Lipinski definition) is 0. The van der Waals surface area contributed by atoms with Crippen molar-refractivity contribution in [2.45, 2.75) is 33.7 Å². The summed E-state index contributed by atoms with van der Waals surface area (Å²) in [5.74, 6) is 0.0630. The summed E-state index contributed by atoms with van der Waals surface area (Å²) >= 11 is 0. The largest absolute Gasteiger partial charge is 0.368 e. The highest BCUT2D eigenvalue weighted by Gasteiger charge is 2.24. The monoisotopic (exact) mass is 377 g/mol. The molecule has 0 N–H and O–H groups in total. The molecule has 0 bridgehead atoms. The van der Waals surface area contributed by atoms with Crippen LogP contribution < -0.4 is 4.90 Å². The van der Waals surface area contributed by atoms with Gasteiger partial charge in [0.2, 0.25) is 0 Å². The van der Waals surface area contributed by atoms with E-state index in [9.17, 15) is 4.79 Å². The van der Waals surface area contributed by atoms with Gasteiger partial charge in [-0.25, -0.2) is 9.67 Å². The molecule has 3 heterocycles. The van der Waals surface area contributed by atoms with Gasteiger partial charge in [0.1, 0.15) is 0 Å². The van der Waals surface area contributed by atoms with Crippen LogP contribution in [0.4, 0.5) is 5.69 Å². The second-order valence-corrected chi connectivity index (χ2v) is 7.84. The lowest BCUT2D eigenvalue weighted by Gasteiger charge is -2.36. The van der Waals surface area contributed by atoms with Crippen LogP contribution >= 0.6 is 0 Å². The summed E-state index contributed by atoms with van der Waals surface area (Å²) in [6.45, 7) is 11.3. The standard InChI is InChI=1S/C22H27N5O/c1-15(2)27-21-18(14-23-27)13-20(17(4)24-21)22(28)26-10-8-25(9-11-26)19-7-5-6-16(3)12-19/h5-7,12-15H,8-11H2,1-4H3. The van der Waals surface area contributed by atoms with Crippen molar-refractivity contribution in [2.75, 3.05) is 31.1 Å². The number of rotatable bonds is 3. The number of piperazine rings is 1. The normalized spacial score (nSPS) is 14.9. The molecule has 0 aliphatic carbocycles. The molecular formula is C22H27N5O. The van der Waals surface area contributed by atoms with Gasteiger partial charge < -0.3 is 9.80 Å². The van der Waals surface area contributed by atoms with E-state index in [0.717, 1.165) is 42.9 Å². The van der Waals surface area contributed by atoms with Crippen LogP contribution in [0.3, 0.4) is 0 Å². The summed E-state index contributed by atoms with van der Waals surface area (Å²) in [6.07, 6.45) is 1.80. The van der Waals surface area contributed by atoms with Gasteiger partial charge in [0, 0.05) is 43.3 Å². The Labute approximate surface area is 165 Å². The summed E-state index contributed by atoms with van der Waals surface area (Å²) in [4.78, 5) is 22.1. The Morgan fingerprint density at radius 2 is 1.82 bits per heavy atom. The molecule has 6 nitrogen and oxygen atoms in total. The van der Waals surface area contributed by atoms with Gasteiger partial charge in [0.15, 0.2) is 5.65 Å². The number of benzene rings is 1. The maximum absolute atomic E-state index is 13.1. The van der Waals surface area contributed by atoms with Crippen LogP contribution in [0.15, 0.2) is 36.5 Å². The van der Waals surface area contributed by atoms with Gasteiger partial charge in [-0.15, -0.1) is 0 Å². The first kappa shape index (κ1) is 18.5. The average molecular weight is 377 g/mol. The van der Waals surface area contributed by atoms with Crippen LogP contribution in [0.25, 0.3) is 11.0 Å². The first-order valence-electron chi connectivity index (χ1n) is 9.90. The quantitative estimate of drug-likeness (QED) is 0.700. The van der Waals surface area contributed by atoms with Crippen LogP contribution in [-0.2, 0) is 0 Å². The third kappa shape index (κ3) is 3.35. The summed E-state index contributed by atoms with van der Waals surface area (Å²) in [5, 5.41) is 5.34. The van der Waals surface area contributed by atoms with E-state index in [1.54, 1.807) is 6.20 Å². The van der Waals surface area contributed by atoms with Gasteiger partial charge in [0.25, 0.3) is 5.91 Å². The van der Waals surface area contributed by atoms with E-state index in [-0.39, 0.29) is 11.9 Å². The molecule has 2 aromatic heterocycles. The zero-order valence-corrected chi connectivity index (χ0v) is 17.0. The zero-order valence-electron chi connectivity index (χ0n) is 17.0. The molecule has 1 amide bonds. The smallest absolute Gasteiger partial charge is 0.255 e. The predicted molar refractivity (Wildman–Crippen MR) is 112 cm³/mol. The summed E-state index contributed by atoms with van der Waals surface area (Å²) < 4.78 is 1.90. The Kier molecular flexibility index (Phi) is 4.79. The highest BCUT2D eigenvalue weighted by molar-refractivity contribution is 5.98. The lowest BCUT2D eigenvalue weighted by Crippen LogP contribution is -2.49. The van der Waals surface area contributed by atoms with Gasteiger partial charge in [-0.3, -0.25) is 4.79 Å². The van der Waals surface area contributed by atoms with Gasteiger partial charge in [-0.05, 0) is 51.5 Å². The number of anilines is 1. The van der Waals surface area contributed by atoms with E-state index < -0.39 is 0 Å². The van der Waals surface area contributed by atoms with Crippen molar-refractivity contribution in [1.29, 1.82) is 0 Å². The van der Waals surface area contributed by atoms with E-state index in [1.165, 1.54) is 11.3 Å². The summed E-state index contributed by atoms with van der Waals surface area (Å²) in [6, 6.07) is 10.7. The summed E-state index contributed by atoms with van der Waals surface area (Å²) in [5.41, 5.74) is 4.77. The number of pyridine rings is 1. The lowest BCUT2D eigenvalue weighted by atomic mass is 10.1. The fourth-order valence-electron chi connectivity index (χ4n) is 3.82. The molecule has 0 saturated carbocycles. The topological polar surface area (TPSA) is 54.3 Å². The summed E-state index contributed by atoms with van der Waals surface area (Å²) in [7, 11) is 0. The van der Waals surface area contributed by atoms with Crippen molar-refractivity contribution in [1.82, 2.24) is 19.7 Å². The SMILES string of the molecule is Cc1cccc(N2CCN(C(=O)c3cc4cnn(C(C)C)c4nc3C)CC2)c1. The minimum Gasteiger partial charge on any atom is -0.368 e. The van der Waals surface area contributed by atoms with Crippen LogP contribution in [0, 0.1) is 13.8 Å². The van der Waals surface area contributed by atoms with Gasteiger partial charge in [-0.2, -0.15) is 5.10 Å². The van der Waals surface area contributed by atoms with Gasteiger partial charge in [0.05, 0.1) is 17.5 Å². The van der Waals surface area contributed by atoms with Crippen LogP contribution in [0.1, 0.15) is 41.5 Å². The molecule has 6 heteroatoms. The Morgan fingerprint density at radius 3 is 2.50 bits per heavy atom. The highest BCUT2D eigenvalue weighted by atomic mass is 16.2. The van der Waals surface area contributed by atoms with E-state index in [4.69, 9.17) is 0 Å². The number of carbonyl (C=O) groups excluding carboxylic acids is 1. The molecule has 1 saturated heterocycles. The molecule has 4 rings (SSSR count). The Balaban J connectivity index is 1.52. The fraction of sp³-hybridized carbons (Fsp3) is 0.409. The van der Waals surface area contributed by atoms with Gasteiger partial charge >= 0.3 is 0 Å². The molecular weight excluding hydrogens is 350 g/mol. The molecule has 0 atom stereocenters. The van der Waals surface area contributed by atoms with E-state index in [1.807, 2.05) is 22.6 Å². The molecule has 1 fully saturated rings. The second kappa shape index (κ2) is 7.26. The van der Waals surface area contributed by atoms with Crippen molar-refractivity contribution < 1.29 is 4.79 Å². The van der Waals surface area contributed by atoms with Crippen molar-refractivity contribution in [3.63, 3.8) is 0 Å². The number of fused-ring (bicyclic) bond motifs is 1. The van der Waals surface area contributed by atoms with E-state index in [0.29, 0.717) is 5.56 Å². The van der Waals surface area contributed by atoms with E-state index >= 15 is 0 Å². The van der Waals surface area contributed by atoms with Crippen LogP contribution in [-0.4, -0.2) is 51.8 Å². The van der Waals surface area contributed by atoms with Crippen molar-refractivity contribution >= 4 is 22.6 Å². The molecule has 146 valence electrons. The van der Waals surface area contributed by atoms with Crippen molar-refractivity contribution in [3.8, 4) is 0 Å². The first-order chi connectivity index (χ1) is 13.4. The lowest BCUT2D eigenvalue weighted by molar-refractivity contribution is 0.0745. The molecule has 0 spiro atoms. The van der Waals surface area contributed by atoms with Gasteiger partial charge in [-0.1, -0.05) is 12.1 Å². The average Bonchev–Trinajstić information content (AvgIpc) is 3.10. The van der Waals surface area contributed by atoms with Crippen molar-refractivity contribution in [2.24, 2.45) is 0 Å². The molecule has 28 heavy (non-hydrogen) atoms. The van der Waals surface area contributed by atoms with Crippen molar-refractivity contribution in [3.05, 3.63) is 53.3 Å². The molecule has 0 radical (unpaired) electrons. The fourth-order valence-corrected chi connectivity index (χ4v) is 3.82. The number of nitrogens with zero attached hydrogens (tertiary/aromatic N) is 5. The number of carbonyl (C=O) groups is 1. The maximum Gasteiger partial charge on any atom is 0.255 e. The van der Waals surface area contributed by atoms with E-state index in [2.05, 4.69) is 60.0 Å². The molecule has 0 unspecified atom stereocenters. The number of amides is 1. The second-order valence-electron chi connectivity index (χ2n) is 7.84. The molecule has 1 aromatic carbocycles.